The molecular weight excluding hydrogens is 439 g/mol. The highest BCUT2D eigenvalue weighted by atomic mass is 35.5. The van der Waals surface area contributed by atoms with Crippen LogP contribution in [0.1, 0.15) is 13.3 Å². The summed E-state index contributed by atoms with van der Waals surface area (Å²) in [6, 6.07) is 0. The Bertz CT molecular complexity index is 392. The van der Waals surface area contributed by atoms with E-state index in [1.165, 1.54) is 0 Å². The monoisotopic (exact) mass is 444 g/mol. The molecule has 0 aromatic rings. The molecule has 2 rings (SSSR count). The van der Waals surface area contributed by atoms with Crippen molar-refractivity contribution < 1.29 is 0 Å². The van der Waals surface area contributed by atoms with Gasteiger partial charge >= 0.3 is 0 Å². The summed E-state index contributed by atoms with van der Waals surface area (Å²) in [6.07, 6.45) is 0.161. The summed E-state index contributed by atoms with van der Waals surface area (Å²) in [6.45, 7) is 1.77. The highest BCUT2D eigenvalue weighted by Gasteiger charge is 2.85. The van der Waals surface area contributed by atoms with Gasteiger partial charge in [-0.1, -0.05) is 30.1 Å². The first-order valence-electron chi connectivity index (χ1n) is 5.33. The third-order valence-electron chi connectivity index (χ3n) is 4.64. The molecule has 19 heavy (non-hydrogen) atoms. The molecule has 0 aliphatic heterocycles. The Morgan fingerprint density at radius 1 is 0.947 bits per heavy atom. The minimum Gasteiger partial charge on any atom is -0.119 e. The van der Waals surface area contributed by atoms with E-state index in [1.807, 2.05) is 0 Å². The highest BCUT2D eigenvalue weighted by molar-refractivity contribution is 6.58. The first-order chi connectivity index (χ1) is 8.37. The Hall–Kier alpha value is 2.61. The molecule has 2 aliphatic rings. The fourth-order valence-corrected chi connectivity index (χ4v) is 8.42. The molecule has 112 valence electrons. The number of hydrogen-bond acceptors (Lipinski definition) is 0. The molecule has 0 amide bonds. The van der Waals surface area contributed by atoms with E-state index in [4.69, 9.17) is 104 Å². The van der Waals surface area contributed by atoms with E-state index in [-0.39, 0.29) is 6.42 Å². The van der Waals surface area contributed by atoms with Gasteiger partial charge in [0.25, 0.3) is 0 Å². The molecule has 0 saturated heterocycles. The Kier molecular flexibility index (Phi) is 4.77. The third-order valence-corrected chi connectivity index (χ3v) is 8.97. The van der Waals surface area contributed by atoms with Gasteiger partial charge < -0.3 is 0 Å². The smallest absolute Gasteiger partial charge is 0.119 e. The molecule has 2 bridgehead atoms. The topological polar surface area (TPSA) is 0 Å². The molecule has 0 heterocycles. The average molecular weight is 448 g/mol. The normalized spacial score (nSPS) is 47.4. The predicted molar refractivity (Wildman–Crippen MR) is 88.2 cm³/mol. The van der Waals surface area contributed by atoms with Crippen molar-refractivity contribution in [2.45, 2.75) is 37.1 Å². The fourth-order valence-electron chi connectivity index (χ4n) is 3.63. The van der Waals surface area contributed by atoms with Crippen molar-refractivity contribution in [2.24, 2.45) is 16.7 Å². The van der Waals surface area contributed by atoms with E-state index in [1.54, 1.807) is 6.92 Å². The first-order valence-corrected chi connectivity index (χ1v) is 9.02. The number of alkyl halides is 9. The van der Waals surface area contributed by atoms with E-state index >= 15 is 0 Å². The van der Waals surface area contributed by atoms with E-state index in [2.05, 4.69) is 0 Å². The highest BCUT2D eigenvalue weighted by Crippen LogP contribution is 2.82. The standard InChI is InChI=1S/C10H9Cl9/c1-7(5(12)13)3-4(11)10(18,19)8(7,6(14)15)2-9(3,16)17/h3-6H,2H2,1H3/t3-,4-,7?,8-/m1/s1. The summed E-state index contributed by atoms with van der Waals surface area (Å²) in [7, 11) is 0. The van der Waals surface area contributed by atoms with Crippen molar-refractivity contribution in [2.75, 3.05) is 0 Å². The van der Waals surface area contributed by atoms with Gasteiger partial charge in [0.2, 0.25) is 0 Å². The van der Waals surface area contributed by atoms with Crippen LogP contribution in [0.2, 0.25) is 0 Å². The van der Waals surface area contributed by atoms with E-state index in [9.17, 15) is 0 Å². The summed E-state index contributed by atoms with van der Waals surface area (Å²) < 4.78 is -2.63. The molecule has 9 heteroatoms. The van der Waals surface area contributed by atoms with E-state index in [0.29, 0.717) is 0 Å². The van der Waals surface area contributed by atoms with Crippen LogP contribution in [0, 0.1) is 16.7 Å². The molecule has 2 saturated carbocycles. The zero-order valence-corrected chi connectivity index (χ0v) is 16.2. The number of hydrogen-bond donors (Lipinski definition) is 0. The summed E-state index contributed by atoms with van der Waals surface area (Å²) in [5, 5.41) is -0.774. The van der Waals surface area contributed by atoms with Gasteiger partial charge in [-0.3, -0.25) is 0 Å². The molecule has 0 radical (unpaired) electrons. The molecule has 2 aliphatic carbocycles. The molecule has 0 nitrogen and oxygen atoms in total. The van der Waals surface area contributed by atoms with Gasteiger partial charge in [-0.05, 0) is 6.42 Å². The minimum absolute atomic E-state index is 0.161. The fraction of sp³-hybridized carbons (Fsp3) is 1.00. The SMILES string of the molecule is CC1(C(Cl)Cl)[C@H]2[C@@H](Cl)C(Cl)(Cl)[C@@]1(C(Cl)Cl)CC2(Cl)Cl. The Balaban J connectivity index is 2.75. The quantitative estimate of drug-likeness (QED) is 0.419. The van der Waals surface area contributed by atoms with E-state index in [0.717, 1.165) is 0 Å². The molecule has 0 N–H and O–H groups in total. The second-order valence-electron chi connectivity index (χ2n) is 5.30. The maximum atomic E-state index is 6.45. The molecule has 4 atom stereocenters. The van der Waals surface area contributed by atoms with Crippen molar-refractivity contribution in [1.29, 1.82) is 0 Å². The lowest BCUT2D eigenvalue weighted by Gasteiger charge is -2.48. The van der Waals surface area contributed by atoms with Crippen LogP contribution in [0.15, 0.2) is 0 Å². The molecule has 1 unspecified atom stereocenters. The molecule has 0 aromatic heterocycles. The lowest BCUT2D eigenvalue weighted by atomic mass is 9.70. The van der Waals surface area contributed by atoms with Gasteiger partial charge in [0, 0.05) is 16.7 Å². The van der Waals surface area contributed by atoms with Crippen LogP contribution in [0.4, 0.5) is 0 Å². The van der Waals surface area contributed by atoms with Crippen LogP contribution in [-0.2, 0) is 0 Å². The molecule has 0 spiro atoms. The second kappa shape index (κ2) is 5.05. The Morgan fingerprint density at radius 3 is 1.74 bits per heavy atom. The van der Waals surface area contributed by atoms with Gasteiger partial charge in [-0.2, -0.15) is 0 Å². The van der Waals surface area contributed by atoms with Gasteiger partial charge in [-0.25, -0.2) is 0 Å². The van der Waals surface area contributed by atoms with Crippen LogP contribution >= 0.6 is 104 Å². The van der Waals surface area contributed by atoms with Crippen LogP contribution in [-0.4, -0.2) is 23.7 Å². The number of halogens is 9. The average Bonchev–Trinajstić information content (AvgIpc) is 2.49. The van der Waals surface area contributed by atoms with Crippen molar-refractivity contribution in [3.63, 3.8) is 0 Å². The maximum absolute atomic E-state index is 6.45. The van der Waals surface area contributed by atoms with Crippen LogP contribution in [0.3, 0.4) is 0 Å². The molecule has 0 aromatic carbocycles. The third kappa shape index (κ3) is 1.94. The van der Waals surface area contributed by atoms with Crippen molar-refractivity contribution in [3.05, 3.63) is 0 Å². The van der Waals surface area contributed by atoms with Gasteiger partial charge in [0.15, 0.2) is 0 Å². The maximum Gasteiger partial charge on any atom is 0.143 e. The Morgan fingerprint density at radius 2 is 1.42 bits per heavy atom. The molecular formula is C10H9Cl9. The predicted octanol–water partition coefficient (Wildman–Crippen LogP) is 6.58. The number of rotatable bonds is 2. The summed E-state index contributed by atoms with van der Waals surface area (Å²) in [5.74, 6) is -0.542. The zero-order chi connectivity index (χ0) is 15.0. The van der Waals surface area contributed by atoms with Crippen LogP contribution in [0.25, 0.3) is 0 Å². The van der Waals surface area contributed by atoms with Crippen LogP contribution in [0.5, 0.6) is 0 Å². The summed E-state index contributed by atoms with van der Waals surface area (Å²) >= 11 is 56.7. The lowest BCUT2D eigenvalue weighted by molar-refractivity contribution is 0.130. The minimum atomic E-state index is -1.43. The second-order valence-corrected chi connectivity index (χ2v) is 10.9. The largest absolute Gasteiger partial charge is 0.143 e. The van der Waals surface area contributed by atoms with Gasteiger partial charge in [0.1, 0.15) is 18.3 Å². The van der Waals surface area contributed by atoms with Gasteiger partial charge in [0.05, 0.1) is 5.38 Å². The van der Waals surface area contributed by atoms with E-state index < -0.39 is 40.5 Å². The van der Waals surface area contributed by atoms with Gasteiger partial charge in [-0.15, -0.1) is 81.2 Å². The lowest BCUT2D eigenvalue weighted by Crippen LogP contribution is -2.53. The van der Waals surface area contributed by atoms with Crippen molar-refractivity contribution in [3.8, 4) is 0 Å². The van der Waals surface area contributed by atoms with Crippen molar-refractivity contribution >= 4 is 104 Å². The number of fused-ring (bicyclic) bond motifs is 2. The zero-order valence-electron chi connectivity index (χ0n) is 9.42. The van der Waals surface area contributed by atoms with Crippen LogP contribution < -0.4 is 0 Å². The summed E-state index contributed by atoms with van der Waals surface area (Å²) in [4.78, 5) is -1.85. The first kappa shape index (κ1) is 18.0. The molecule has 2 fully saturated rings. The Labute approximate surface area is 157 Å². The summed E-state index contributed by atoms with van der Waals surface area (Å²) in [5.41, 5.74) is -2.02. The van der Waals surface area contributed by atoms with Crippen molar-refractivity contribution in [1.82, 2.24) is 0 Å².